The zero-order valence-corrected chi connectivity index (χ0v) is 11.0. The lowest BCUT2D eigenvalue weighted by molar-refractivity contribution is 0.146. The van der Waals surface area contributed by atoms with Crippen molar-refractivity contribution < 1.29 is 5.11 Å². The van der Waals surface area contributed by atoms with Gasteiger partial charge in [-0.05, 0) is 31.9 Å². The van der Waals surface area contributed by atoms with Gasteiger partial charge in [-0.1, -0.05) is 0 Å². The summed E-state index contributed by atoms with van der Waals surface area (Å²) in [6.45, 7) is 1.84. The molecule has 1 aliphatic carbocycles. The van der Waals surface area contributed by atoms with Crippen molar-refractivity contribution in [1.82, 2.24) is 24.8 Å². The van der Waals surface area contributed by atoms with Crippen molar-refractivity contribution >= 4 is 17.2 Å². The molecule has 0 aromatic carbocycles. The Hall–Kier alpha value is -2.41. The Balaban J connectivity index is 1.70. The Morgan fingerprint density at radius 1 is 1.45 bits per heavy atom. The molecule has 7 heteroatoms. The van der Waals surface area contributed by atoms with E-state index in [1.54, 1.807) is 4.52 Å². The number of aromatic amines is 1. The van der Waals surface area contributed by atoms with Gasteiger partial charge in [-0.3, -0.25) is 5.10 Å². The van der Waals surface area contributed by atoms with Crippen LogP contribution in [-0.2, 0) is 5.60 Å². The summed E-state index contributed by atoms with van der Waals surface area (Å²) in [5.41, 5.74) is 0.918. The minimum atomic E-state index is -0.709. The number of fused-ring (bicyclic) bond motifs is 1. The number of nitrogens with zero attached hydrogens (tertiary/aromatic N) is 4. The molecule has 0 saturated heterocycles. The summed E-state index contributed by atoms with van der Waals surface area (Å²) in [5, 5.41) is 24.5. The molecule has 0 atom stereocenters. The second-order valence-electron chi connectivity index (χ2n) is 5.17. The molecule has 1 fully saturated rings. The predicted molar refractivity (Wildman–Crippen MR) is 72.7 cm³/mol. The van der Waals surface area contributed by atoms with Crippen molar-refractivity contribution in [1.29, 1.82) is 0 Å². The molecule has 20 heavy (non-hydrogen) atoms. The zero-order valence-electron chi connectivity index (χ0n) is 11.0. The van der Waals surface area contributed by atoms with Gasteiger partial charge < -0.3 is 10.4 Å². The first-order valence-electron chi connectivity index (χ1n) is 6.51. The fourth-order valence-electron chi connectivity index (χ4n) is 2.27. The second-order valence-corrected chi connectivity index (χ2v) is 5.17. The summed E-state index contributed by atoms with van der Waals surface area (Å²) < 4.78 is 1.77. The lowest BCUT2D eigenvalue weighted by Gasteiger charge is -2.05. The summed E-state index contributed by atoms with van der Waals surface area (Å²) >= 11 is 0. The number of aryl methyl sites for hydroxylation is 1. The smallest absolute Gasteiger partial charge is 0.159 e. The highest BCUT2D eigenvalue weighted by Gasteiger charge is 2.43. The molecule has 0 amide bonds. The first-order valence-corrected chi connectivity index (χ1v) is 6.51. The van der Waals surface area contributed by atoms with Crippen LogP contribution in [-0.4, -0.2) is 29.9 Å². The maximum absolute atomic E-state index is 10.0. The topological polar surface area (TPSA) is 91.1 Å². The van der Waals surface area contributed by atoms with Crippen LogP contribution in [0.25, 0.3) is 5.52 Å². The average molecular weight is 270 g/mol. The lowest BCUT2D eigenvalue weighted by Crippen LogP contribution is -2.04. The fourth-order valence-corrected chi connectivity index (χ4v) is 2.27. The van der Waals surface area contributed by atoms with E-state index in [0.717, 1.165) is 24.1 Å². The Kier molecular flexibility index (Phi) is 2.17. The molecule has 0 radical (unpaired) electrons. The molecule has 0 spiro atoms. The van der Waals surface area contributed by atoms with E-state index in [4.69, 9.17) is 0 Å². The molecule has 0 bridgehead atoms. The third-order valence-corrected chi connectivity index (χ3v) is 3.55. The minimum Gasteiger partial charge on any atom is -0.384 e. The molecule has 3 aromatic heterocycles. The maximum atomic E-state index is 10.0. The third kappa shape index (κ3) is 1.75. The number of hydrogen-bond donors (Lipinski definition) is 3. The summed E-state index contributed by atoms with van der Waals surface area (Å²) in [6, 6.07) is 5.67. The molecule has 7 nitrogen and oxygen atoms in total. The van der Waals surface area contributed by atoms with Gasteiger partial charge in [0.25, 0.3) is 0 Å². The molecule has 0 unspecified atom stereocenters. The fraction of sp³-hybridized carbons (Fsp3) is 0.308. The molecular formula is C13H14N6O. The largest absolute Gasteiger partial charge is 0.384 e. The van der Waals surface area contributed by atoms with E-state index in [-0.39, 0.29) is 0 Å². The van der Waals surface area contributed by atoms with Crippen molar-refractivity contribution in [2.75, 3.05) is 5.32 Å². The number of rotatable bonds is 3. The number of anilines is 2. The molecule has 3 aromatic rings. The monoisotopic (exact) mass is 270 g/mol. The number of hydrogen-bond acceptors (Lipinski definition) is 5. The van der Waals surface area contributed by atoms with Crippen LogP contribution in [0.15, 0.2) is 24.4 Å². The van der Waals surface area contributed by atoms with Crippen LogP contribution in [0.4, 0.5) is 11.6 Å². The first-order chi connectivity index (χ1) is 9.64. The van der Waals surface area contributed by atoms with Gasteiger partial charge in [-0.2, -0.15) is 10.2 Å². The lowest BCUT2D eigenvalue weighted by atomic mass is 10.2. The molecule has 3 N–H and O–H groups in total. The molecular weight excluding hydrogens is 256 g/mol. The quantitative estimate of drug-likeness (QED) is 0.670. The highest BCUT2D eigenvalue weighted by Crippen LogP contribution is 2.44. The van der Waals surface area contributed by atoms with E-state index in [9.17, 15) is 5.11 Å². The number of H-pyrrole nitrogens is 1. The summed E-state index contributed by atoms with van der Waals surface area (Å²) in [4.78, 5) is 4.40. The van der Waals surface area contributed by atoms with Crippen LogP contribution in [0.1, 0.15) is 24.4 Å². The van der Waals surface area contributed by atoms with Crippen molar-refractivity contribution in [3.63, 3.8) is 0 Å². The van der Waals surface area contributed by atoms with Crippen molar-refractivity contribution in [3.8, 4) is 0 Å². The summed E-state index contributed by atoms with van der Waals surface area (Å²) in [5.74, 6) is 2.01. The molecule has 1 aliphatic rings. The number of aromatic nitrogens is 5. The summed E-state index contributed by atoms with van der Waals surface area (Å²) in [7, 11) is 0. The van der Waals surface area contributed by atoms with Gasteiger partial charge in [0.2, 0.25) is 0 Å². The van der Waals surface area contributed by atoms with E-state index >= 15 is 0 Å². The van der Waals surface area contributed by atoms with E-state index in [0.29, 0.717) is 17.5 Å². The number of nitrogens with one attached hydrogen (secondary N) is 2. The molecule has 0 aliphatic heterocycles. The first kappa shape index (κ1) is 11.4. The molecule has 102 valence electrons. The Bertz CT molecular complexity index is 785. The van der Waals surface area contributed by atoms with E-state index in [2.05, 4.69) is 25.6 Å². The zero-order chi connectivity index (χ0) is 13.7. The normalized spacial score (nSPS) is 16.5. The second kappa shape index (κ2) is 3.80. The van der Waals surface area contributed by atoms with Gasteiger partial charge in [0.15, 0.2) is 11.6 Å². The van der Waals surface area contributed by atoms with E-state index < -0.39 is 5.60 Å². The highest BCUT2D eigenvalue weighted by atomic mass is 16.3. The Labute approximate surface area is 114 Å². The Morgan fingerprint density at radius 3 is 3.10 bits per heavy atom. The van der Waals surface area contributed by atoms with Crippen LogP contribution >= 0.6 is 0 Å². The van der Waals surface area contributed by atoms with Crippen molar-refractivity contribution in [3.05, 3.63) is 35.9 Å². The van der Waals surface area contributed by atoms with Crippen LogP contribution < -0.4 is 5.32 Å². The molecule has 3 heterocycles. The van der Waals surface area contributed by atoms with Gasteiger partial charge >= 0.3 is 0 Å². The third-order valence-electron chi connectivity index (χ3n) is 3.55. The van der Waals surface area contributed by atoms with Gasteiger partial charge in [0.05, 0.1) is 5.69 Å². The maximum Gasteiger partial charge on any atom is 0.159 e. The molecule has 1 saturated carbocycles. The van der Waals surface area contributed by atoms with Gasteiger partial charge in [-0.25, -0.2) is 9.50 Å². The van der Waals surface area contributed by atoms with Gasteiger partial charge in [-0.15, -0.1) is 0 Å². The van der Waals surface area contributed by atoms with Crippen molar-refractivity contribution in [2.45, 2.75) is 25.4 Å². The van der Waals surface area contributed by atoms with Crippen LogP contribution in [0, 0.1) is 6.92 Å². The SMILES string of the molecule is Cc1nc(Nc2cc(C3(O)CC3)[nH]n2)c2cccn2n1. The highest BCUT2D eigenvalue weighted by molar-refractivity contribution is 5.72. The van der Waals surface area contributed by atoms with E-state index in [1.165, 1.54) is 0 Å². The summed E-state index contributed by atoms with van der Waals surface area (Å²) in [6.07, 6.45) is 3.44. The van der Waals surface area contributed by atoms with Crippen LogP contribution in [0.5, 0.6) is 0 Å². The predicted octanol–water partition coefficient (Wildman–Crippen LogP) is 1.49. The molecule has 4 rings (SSSR count). The Morgan fingerprint density at radius 2 is 2.30 bits per heavy atom. The van der Waals surface area contributed by atoms with Gasteiger partial charge in [0.1, 0.15) is 16.9 Å². The minimum absolute atomic E-state index is 0.640. The average Bonchev–Trinajstić information content (AvgIpc) is 2.85. The van der Waals surface area contributed by atoms with E-state index in [1.807, 2.05) is 31.3 Å². The van der Waals surface area contributed by atoms with Gasteiger partial charge in [0, 0.05) is 12.3 Å². The number of aliphatic hydroxyl groups is 1. The van der Waals surface area contributed by atoms with Crippen LogP contribution in [0.2, 0.25) is 0 Å². The van der Waals surface area contributed by atoms with Crippen molar-refractivity contribution in [2.24, 2.45) is 0 Å². The standard InChI is InChI=1S/C13H14N6O/c1-8-14-12(9-3-2-6-19(9)18-8)15-11-7-10(16-17-11)13(20)4-5-13/h2-3,6-7,20H,4-5H2,1H3,(H2,14,15,16,17,18). The van der Waals surface area contributed by atoms with Crippen LogP contribution in [0.3, 0.4) is 0 Å².